The summed E-state index contributed by atoms with van der Waals surface area (Å²) >= 11 is 1.68. The highest BCUT2D eigenvalue weighted by Gasteiger charge is 2.22. The number of rotatable bonds is 17. The zero-order chi connectivity index (χ0) is 29.8. The Kier molecular flexibility index (Phi) is 11.7. The smallest absolute Gasteiger partial charge is 0.303 e. The number of nitrogens with two attached hydrogens (primary N) is 1. The van der Waals surface area contributed by atoms with Gasteiger partial charge in [-0.05, 0) is 59.4 Å². The number of hydrogen-bond donors (Lipinski definition) is 5. The van der Waals surface area contributed by atoms with Gasteiger partial charge in [0, 0.05) is 29.8 Å². The molecule has 6 N–H and O–H groups in total. The number of carboxylic acid groups (broad SMARTS) is 2. The molecule has 0 saturated carbocycles. The second-order valence-corrected chi connectivity index (χ2v) is 10.6. The molecule has 2 atom stereocenters. The van der Waals surface area contributed by atoms with Crippen LogP contribution in [0.1, 0.15) is 44.1 Å². The van der Waals surface area contributed by atoms with Gasteiger partial charge in [0.2, 0.25) is 11.8 Å². The summed E-state index contributed by atoms with van der Waals surface area (Å²) in [6.07, 6.45) is 0.815. The summed E-state index contributed by atoms with van der Waals surface area (Å²) in [7, 11) is 0. The SMILES string of the molecule is C=C(N[C@@H](CCC(=O)O)C(N)=O)[C@H](CCCC(=O)O)NC(=O)CCc1ccc(-c2cc(-c3ccccc3)cs2)cc1. The molecule has 2 aromatic carbocycles. The zero-order valence-electron chi connectivity index (χ0n) is 22.7. The first-order valence-corrected chi connectivity index (χ1v) is 14.2. The van der Waals surface area contributed by atoms with Crippen LogP contribution in [0.3, 0.4) is 0 Å². The number of aryl methyl sites for hydroxylation is 1. The van der Waals surface area contributed by atoms with E-state index >= 15 is 0 Å². The summed E-state index contributed by atoms with van der Waals surface area (Å²) in [4.78, 5) is 47.7. The Morgan fingerprint density at radius 1 is 0.805 bits per heavy atom. The van der Waals surface area contributed by atoms with Gasteiger partial charge in [-0.15, -0.1) is 11.3 Å². The van der Waals surface area contributed by atoms with E-state index in [1.807, 2.05) is 42.5 Å². The second kappa shape index (κ2) is 15.4. The van der Waals surface area contributed by atoms with Crippen LogP contribution in [0, 0.1) is 0 Å². The first-order chi connectivity index (χ1) is 19.6. The van der Waals surface area contributed by atoms with E-state index in [0.717, 1.165) is 16.0 Å². The van der Waals surface area contributed by atoms with E-state index in [-0.39, 0.29) is 50.1 Å². The second-order valence-electron chi connectivity index (χ2n) is 9.73. The van der Waals surface area contributed by atoms with Gasteiger partial charge in [0.15, 0.2) is 0 Å². The molecular formula is C31H35N3O6S. The average molecular weight is 578 g/mol. The normalized spacial score (nSPS) is 12.2. The molecule has 0 unspecified atom stereocenters. The number of carbonyl (C=O) groups excluding carboxylic acids is 2. The molecule has 1 aromatic heterocycles. The molecule has 2 amide bonds. The fraction of sp³-hybridized carbons (Fsp3) is 0.290. The minimum absolute atomic E-state index is 0.0471. The topological polar surface area (TPSA) is 159 Å². The van der Waals surface area contributed by atoms with E-state index in [9.17, 15) is 19.2 Å². The molecule has 41 heavy (non-hydrogen) atoms. The predicted octanol–water partition coefficient (Wildman–Crippen LogP) is 4.58. The number of thiophene rings is 1. The molecule has 0 saturated heterocycles. The van der Waals surface area contributed by atoms with Crippen LogP contribution >= 0.6 is 11.3 Å². The molecule has 3 rings (SSSR count). The van der Waals surface area contributed by atoms with E-state index < -0.39 is 29.9 Å². The van der Waals surface area contributed by atoms with E-state index in [4.69, 9.17) is 15.9 Å². The largest absolute Gasteiger partial charge is 0.481 e. The van der Waals surface area contributed by atoms with Crippen molar-refractivity contribution in [3.8, 4) is 21.6 Å². The monoisotopic (exact) mass is 577 g/mol. The van der Waals surface area contributed by atoms with Gasteiger partial charge < -0.3 is 26.6 Å². The molecule has 216 valence electrons. The lowest BCUT2D eigenvalue weighted by Crippen LogP contribution is -2.47. The maximum absolute atomic E-state index is 12.8. The van der Waals surface area contributed by atoms with Gasteiger partial charge in [-0.3, -0.25) is 19.2 Å². The average Bonchev–Trinajstić information content (AvgIpc) is 3.44. The van der Waals surface area contributed by atoms with Crippen LogP contribution in [-0.2, 0) is 25.6 Å². The first kappa shape index (κ1) is 31.1. The van der Waals surface area contributed by atoms with Crippen molar-refractivity contribution in [3.05, 3.63) is 83.9 Å². The van der Waals surface area contributed by atoms with Crippen molar-refractivity contribution in [2.45, 2.75) is 57.0 Å². The van der Waals surface area contributed by atoms with Gasteiger partial charge >= 0.3 is 11.9 Å². The van der Waals surface area contributed by atoms with Crippen molar-refractivity contribution in [2.75, 3.05) is 0 Å². The van der Waals surface area contributed by atoms with Crippen LogP contribution in [0.2, 0.25) is 0 Å². The lowest BCUT2D eigenvalue weighted by atomic mass is 10.0. The van der Waals surface area contributed by atoms with Crippen molar-refractivity contribution in [1.82, 2.24) is 10.6 Å². The minimum Gasteiger partial charge on any atom is -0.481 e. The van der Waals surface area contributed by atoms with Gasteiger partial charge in [0.1, 0.15) is 6.04 Å². The molecule has 0 aliphatic heterocycles. The molecule has 0 spiro atoms. The van der Waals surface area contributed by atoms with Crippen LogP contribution < -0.4 is 16.4 Å². The summed E-state index contributed by atoms with van der Waals surface area (Å²) in [6.45, 7) is 3.91. The van der Waals surface area contributed by atoms with Crippen molar-refractivity contribution < 1.29 is 29.4 Å². The molecule has 10 heteroatoms. The summed E-state index contributed by atoms with van der Waals surface area (Å²) in [6, 6.07) is 18.8. The maximum Gasteiger partial charge on any atom is 0.303 e. The highest BCUT2D eigenvalue weighted by Crippen LogP contribution is 2.32. The molecule has 9 nitrogen and oxygen atoms in total. The Morgan fingerprint density at radius 2 is 1.49 bits per heavy atom. The van der Waals surface area contributed by atoms with Gasteiger partial charge in [0.05, 0.1) is 6.04 Å². The molecule has 0 fully saturated rings. The first-order valence-electron chi connectivity index (χ1n) is 13.3. The van der Waals surface area contributed by atoms with Crippen molar-refractivity contribution in [1.29, 1.82) is 0 Å². The van der Waals surface area contributed by atoms with Gasteiger partial charge in [-0.25, -0.2) is 0 Å². The van der Waals surface area contributed by atoms with Crippen LogP contribution in [0.4, 0.5) is 0 Å². The van der Waals surface area contributed by atoms with E-state index in [1.165, 1.54) is 11.1 Å². The number of carbonyl (C=O) groups is 4. The third-order valence-corrected chi connectivity index (χ3v) is 7.55. The maximum atomic E-state index is 12.8. The number of primary amides is 1. The van der Waals surface area contributed by atoms with Crippen LogP contribution in [0.25, 0.3) is 21.6 Å². The number of nitrogens with one attached hydrogen (secondary N) is 2. The summed E-state index contributed by atoms with van der Waals surface area (Å²) in [5.41, 5.74) is 10.1. The summed E-state index contributed by atoms with van der Waals surface area (Å²) < 4.78 is 0. The Morgan fingerprint density at radius 3 is 2.12 bits per heavy atom. The highest BCUT2D eigenvalue weighted by molar-refractivity contribution is 7.14. The van der Waals surface area contributed by atoms with Crippen LogP contribution in [-0.4, -0.2) is 46.0 Å². The zero-order valence-corrected chi connectivity index (χ0v) is 23.5. The number of hydrogen-bond acceptors (Lipinski definition) is 6. The van der Waals surface area contributed by atoms with Gasteiger partial charge in [0.25, 0.3) is 0 Å². The van der Waals surface area contributed by atoms with Crippen LogP contribution in [0.5, 0.6) is 0 Å². The number of aliphatic carboxylic acids is 2. The molecule has 0 bridgehead atoms. The molecule has 1 heterocycles. The quantitative estimate of drug-likeness (QED) is 0.157. The number of amides is 2. The molecule has 0 aliphatic carbocycles. The third kappa shape index (κ3) is 10.2. The molecule has 0 radical (unpaired) electrons. The molecular weight excluding hydrogens is 542 g/mol. The Labute approximate surface area is 243 Å². The Hall–Kier alpha value is -4.44. The molecule has 3 aromatic rings. The standard InChI is InChI=1S/C31H35N3O6S/c1-20(33-26(31(32)40)15-17-30(38)39)25(8-5-9-29(36)37)34-28(35)16-12-21-10-13-23(14-11-21)27-18-24(19-41-27)22-6-3-2-4-7-22/h2-4,6-7,10-11,13-14,18-19,25-26,33H,1,5,8-9,12,15-17H2,(H2,32,40)(H,34,35)(H,36,37)(H,38,39)/t25-,26-/m0/s1. The lowest BCUT2D eigenvalue weighted by molar-refractivity contribution is -0.138. The van der Waals surface area contributed by atoms with Crippen molar-refractivity contribution >= 4 is 35.1 Å². The Balaban J connectivity index is 1.57. The van der Waals surface area contributed by atoms with Crippen LogP contribution in [0.15, 0.2) is 78.3 Å². The van der Waals surface area contributed by atoms with E-state index in [2.05, 4.69) is 40.8 Å². The molecule has 0 aliphatic rings. The van der Waals surface area contributed by atoms with E-state index in [0.29, 0.717) is 6.42 Å². The minimum atomic E-state index is -1.07. The lowest BCUT2D eigenvalue weighted by Gasteiger charge is -2.25. The van der Waals surface area contributed by atoms with E-state index in [1.54, 1.807) is 11.3 Å². The van der Waals surface area contributed by atoms with Crippen molar-refractivity contribution in [3.63, 3.8) is 0 Å². The third-order valence-electron chi connectivity index (χ3n) is 6.58. The van der Waals surface area contributed by atoms with Crippen molar-refractivity contribution in [2.24, 2.45) is 5.73 Å². The highest BCUT2D eigenvalue weighted by atomic mass is 32.1. The summed E-state index contributed by atoms with van der Waals surface area (Å²) in [5, 5.41) is 25.8. The Bertz CT molecular complexity index is 1350. The predicted molar refractivity (Wildman–Crippen MR) is 159 cm³/mol. The van der Waals surface area contributed by atoms with Gasteiger partial charge in [-0.1, -0.05) is 61.2 Å². The fourth-order valence-corrected chi connectivity index (χ4v) is 5.22. The number of benzene rings is 2. The fourth-order valence-electron chi connectivity index (χ4n) is 4.30. The van der Waals surface area contributed by atoms with Gasteiger partial charge in [-0.2, -0.15) is 0 Å². The number of carboxylic acids is 2. The summed E-state index contributed by atoms with van der Waals surface area (Å²) in [5.74, 6) is -3.04.